The summed E-state index contributed by atoms with van der Waals surface area (Å²) in [6.45, 7) is 12.3. The van der Waals surface area contributed by atoms with Crippen LogP contribution in [0.3, 0.4) is 0 Å². The van der Waals surface area contributed by atoms with E-state index in [0.717, 1.165) is 24.7 Å². The molecule has 0 fully saturated rings. The number of hydrogen-bond acceptors (Lipinski definition) is 5. The number of ether oxygens (including phenoxy) is 2. The van der Waals surface area contributed by atoms with Gasteiger partial charge in [0.2, 0.25) is 0 Å². The van der Waals surface area contributed by atoms with Crippen LogP contribution in [0.4, 0.5) is 0 Å². The van der Waals surface area contributed by atoms with Crippen LogP contribution in [-0.2, 0) is 9.47 Å². The van der Waals surface area contributed by atoms with Gasteiger partial charge in [0.15, 0.2) is 11.6 Å². The molecule has 1 rings (SSSR count). The first-order chi connectivity index (χ1) is 9.46. The zero-order chi connectivity index (χ0) is 15.3. The summed E-state index contributed by atoms with van der Waals surface area (Å²) in [5.41, 5.74) is 0. The van der Waals surface area contributed by atoms with Gasteiger partial charge in [0, 0.05) is 27.3 Å². The van der Waals surface area contributed by atoms with Crippen LogP contribution in [0.2, 0.25) is 0 Å². The Bertz CT molecular complexity index is 378. The Hall–Kier alpha value is -1.14. The van der Waals surface area contributed by atoms with E-state index in [9.17, 15) is 0 Å². The SMILES string of the molecule is CCN(CC(C)C)n1c(C(C)OC)nnc1C(C)OC. The third kappa shape index (κ3) is 3.70. The predicted molar refractivity (Wildman–Crippen MR) is 79.3 cm³/mol. The molecule has 0 bridgehead atoms. The van der Waals surface area contributed by atoms with Crippen molar-refractivity contribution in [1.29, 1.82) is 0 Å². The van der Waals surface area contributed by atoms with Gasteiger partial charge < -0.3 is 14.5 Å². The van der Waals surface area contributed by atoms with E-state index in [-0.39, 0.29) is 12.2 Å². The summed E-state index contributed by atoms with van der Waals surface area (Å²) in [5, 5.41) is 10.8. The van der Waals surface area contributed by atoms with Crippen molar-refractivity contribution in [2.75, 3.05) is 32.3 Å². The van der Waals surface area contributed by atoms with Crippen LogP contribution in [0, 0.1) is 5.92 Å². The molecule has 2 atom stereocenters. The number of nitrogens with zero attached hydrogens (tertiary/aromatic N) is 4. The number of methoxy groups -OCH3 is 2. The standard InChI is InChI=1S/C14H28N4O2/c1-8-17(9-10(2)3)18-13(11(4)19-6)15-16-14(18)12(5)20-7/h10-12H,8-9H2,1-7H3. The van der Waals surface area contributed by atoms with Crippen molar-refractivity contribution < 1.29 is 9.47 Å². The number of hydrogen-bond donors (Lipinski definition) is 0. The lowest BCUT2D eigenvalue weighted by atomic mass is 10.2. The predicted octanol–water partition coefficient (Wildman–Crippen LogP) is 2.31. The van der Waals surface area contributed by atoms with Gasteiger partial charge in [-0.05, 0) is 26.7 Å². The van der Waals surface area contributed by atoms with Crippen molar-refractivity contribution in [3.05, 3.63) is 11.6 Å². The molecule has 116 valence electrons. The molecule has 2 unspecified atom stereocenters. The number of rotatable bonds is 8. The van der Waals surface area contributed by atoms with Gasteiger partial charge in [-0.3, -0.25) is 0 Å². The summed E-state index contributed by atoms with van der Waals surface area (Å²) < 4.78 is 12.9. The van der Waals surface area contributed by atoms with Crippen molar-refractivity contribution in [2.24, 2.45) is 5.92 Å². The van der Waals surface area contributed by atoms with Crippen molar-refractivity contribution >= 4 is 0 Å². The molecule has 0 N–H and O–H groups in total. The molecular formula is C14H28N4O2. The molecule has 0 saturated carbocycles. The first-order valence-electron chi connectivity index (χ1n) is 7.22. The second-order valence-corrected chi connectivity index (χ2v) is 5.38. The van der Waals surface area contributed by atoms with E-state index in [0.29, 0.717) is 5.92 Å². The van der Waals surface area contributed by atoms with Crippen molar-refractivity contribution in [3.63, 3.8) is 0 Å². The minimum atomic E-state index is -0.110. The van der Waals surface area contributed by atoms with E-state index in [1.54, 1.807) is 14.2 Å². The summed E-state index contributed by atoms with van der Waals surface area (Å²) >= 11 is 0. The highest BCUT2D eigenvalue weighted by Gasteiger charge is 2.24. The molecule has 0 radical (unpaired) electrons. The van der Waals surface area contributed by atoms with Crippen molar-refractivity contribution in [2.45, 2.75) is 46.8 Å². The average Bonchev–Trinajstić information content (AvgIpc) is 2.87. The highest BCUT2D eigenvalue weighted by Crippen LogP contribution is 2.21. The summed E-state index contributed by atoms with van der Waals surface area (Å²) in [6.07, 6.45) is -0.219. The maximum atomic E-state index is 5.41. The molecule has 6 heteroatoms. The Labute approximate surface area is 122 Å². The second kappa shape index (κ2) is 7.59. The molecule has 0 spiro atoms. The maximum absolute atomic E-state index is 5.41. The zero-order valence-electron chi connectivity index (χ0n) is 13.8. The zero-order valence-corrected chi connectivity index (χ0v) is 13.8. The van der Waals surface area contributed by atoms with E-state index in [4.69, 9.17) is 9.47 Å². The molecule has 0 aromatic carbocycles. The van der Waals surface area contributed by atoms with Gasteiger partial charge in [-0.15, -0.1) is 10.2 Å². The normalized spacial score (nSPS) is 14.6. The van der Waals surface area contributed by atoms with E-state index < -0.39 is 0 Å². The van der Waals surface area contributed by atoms with Crippen molar-refractivity contribution in [1.82, 2.24) is 14.9 Å². The molecule has 0 amide bonds. The highest BCUT2D eigenvalue weighted by atomic mass is 16.5. The summed E-state index contributed by atoms with van der Waals surface area (Å²) in [5.74, 6) is 2.18. The lowest BCUT2D eigenvalue weighted by molar-refractivity contribution is 0.0984. The molecule has 1 heterocycles. The molecule has 1 aromatic rings. The molecule has 6 nitrogen and oxygen atoms in total. The van der Waals surface area contributed by atoms with Gasteiger partial charge >= 0.3 is 0 Å². The Morgan fingerprint density at radius 2 is 1.45 bits per heavy atom. The van der Waals surface area contributed by atoms with E-state index in [2.05, 4.69) is 40.7 Å². The fraction of sp³-hybridized carbons (Fsp3) is 0.857. The second-order valence-electron chi connectivity index (χ2n) is 5.38. The Balaban J connectivity index is 3.24. The van der Waals surface area contributed by atoms with Crippen LogP contribution in [0.15, 0.2) is 0 Å². The molecular weight excluding hydrogens is 256 g/mol. The Kier molecular flexibility index (Phi) is 6.42. The van der Waals surface area contributed by atoms with Crippen LogP contribution in [0.5, 0.6) is 0 Å². The molecule has 20 heavy (non-hydrogen) atoms. The Morgan fingerprint density at radius 3 is 1.75 bits per heavy atom. The minimum Gasteiger partial charge on any atom is -0.374 e. The maximum Gasteiger partial charge on any atom is 0.180 e. The van der Waals surface area contributed by atoms with Gasteiger partial charge in [0.05, 0.1) is 0 Å². The molecule has 1 aromatic heterocycles. The third-order valence-corrected chi connectivity index (χ3v) is 3.35. The van der Waals surface area contributed by atoms with Gasteiger partial charge in [0.25, 0.3) is 0 Å². The first kappa shape index (κ1) is 16.9. The molecule has 0 aliphatic carbocycles. The fourth-order valence-electron chi connectivity index (χ4n) is 2.09. The highest BCUT2D eigenvalue weighted by molar-refractivity contribution is 5.07. The fourth-order valence-corrected chi connectivity index (χ4v) is 2.09. The molecule has 0 saturated heterocycles. The summed E-state index contributed by atoms with van der Waals surface area (Å²) in [7, 11) is 3.36. The monoisotopic (exact) mass is 284 g/mol. The van der Waals surface area contributed by atoms with Crippen LogP contribution in [0.1, 0.15) is 58.5 Å². The van der Waals surface area contributed by atoms with E-state index in [1.807, 2.05) is 13.8 Å². The smallest absolute Gasteiger partial charge is 0.180 e. The quantitative estimate of drug-likeness (QED) is 0.733. The van der Waals surface area contributed by atoms with Crippen LogP contribution in [-0.4, -0.2) is 42.2 Å². The first-order valence-corrected chi connectivity index (χ1v) is 7.22. The Morgan fingerprint density at radius 1 is 1.00 bits per heavy atom. The molecule has 0 aliphatic heterocycles. The lowest BCUT2D eigenvalue weighted by Gasteiger charge is -2.30. The lowest BCUT2D eigenvalue weighted by Crippen LogP contribution is -2.40. The van der Waals surface area contributed by atoms with Gasteiger partial charge in [-0.2, -0.15) is 0 Å². The summed E-state index contributed by atoms with van der Waals surface area (Å²) in [6, 6.07) is 0. The van der Waals surface area contributed by atoms with Gasteiger partial charge in [-0.1, -0.05) is 13.8 Å². The third-order valence-electron chi connectivity index (χ3n) is 3.35. The topological polar surface area (TPSA) is 52.4 Å². The molecule has 0 aliphatic rings. The summed E-state index contributed by atoms with van der Waals surface area (Å²) in [4.78, 5) is 0. The van der Waals surface area contributed by atoms with Crippen LogP contribution in [0.25, 0.3) is 0 Å². The van der Waals surface area contributed by atoms with Crippen LogP contribution < -0.4 is 5.01 Å². The van der Waals surface area contributed by atoms with Crippen LogP contribution >= 0.6 is 0 Å². The van der Waals surface area contributed by atoms with E-state index >= 15 is 0 Å². The van der Waals surface area contributed by atoms with Crippen molar-refractivity contribution in [3.8, 4) is 0 Å². The minimum absolute atomic E-state index is 0.110. The van der Waals surface area contributed by atoms with Gasteiger partial charge in [-0.25, -0.2) is 4.68 Å². The van der Waals surface area contributed by atoms with E-state index in [1.165, 1.54) is 0 Å². The number of aromatic nitrogens is 3. The average molecular weight is 284 g/mol. The largest absolute Gasteiger partial charge is 0.374 e. The van der Waals surface area contributed by atoms with Gasteiger partial charge in [0.1, 0.15) is 12.2 Å².